The van der Waals surface area contributed by atoms with Gasteiger partial charge in [-0.3, -0.25) is 20.0 Å². The first-order valence-corrected chi connectivity index (χ1v) is 8.48. The van der Waals surface area contributed by atoms with Crippen LogP contribution < -0.4 is 5.43 Å². The molecule has 0 aromatic carbocycles. The number of hydrogen-bond donors (Lipinski definition) is 1. The topological polar surface area (TPSA) is 75.4 Å². The molecular formula is C17H13N3O3S2. The summed E-state index contributed by atoms with van der Waals surface area (Å²) in [6.07, 6.45) is 8.11. The fourth-order valence-electron chi connectivity index (χ4n) is 2.04. The summed E-state index contributed by atoms with van der Waals surface area (Å²) in [6.45, 7) is 1.80. The molecule has 0 saturated carbocycles. The third-order valence-electron chi connectivity index (χ3n) is 3.32. The maximum Gasteiger partial charge on any atom is 0.285 e. The number of thiocarbonyl (C=S) groups is 1. The third kappa shape index (κ3) is 3.86. The second-order valence-corrected chi connectivity index (χ2v) is 6.69. The summed E-state index contributed by atoms with van der Waals surface area (Å²) in [7, 11) is 0. The Bertz CT molecular complexity index is 874. The molecule has 0 atom stereocenters. The van der Waals surface area contributed by atoms with Crippen LogP contribution in [0, 0.1) is 0 Å². The van der Waals surface area contributed by atoms with Crippen LogP contribution in [0.1, 0.15) is 23.0 Å². The Balaban J connectivity index is 1.75. The molecule has 0 unspecified atom stereocenters. The molecule has 1 saturated heterocycles. The number of carbonyl (C=O) groups excluding carboxylic acids is 2. The maximum atomic E-state index is 12.6. The minimum Gasteiger partial charge on any atom is -0.465 e. The van der Waals surface area contributed by atoms with Crippen molar-refractivity contribution >= 4 is 46.2 Å². The van der Waals surface area contributed by atoms with Gasteiger partial charge in [0.15, 0.2) is 4.32 Å². The van der Waals surface area contributed by atoms with E-state index in [2.05, 4.69) is 10.4 Å². The Labute approximate surface area is 153 Å². The summed E-state index contributed by atoms with van der Waals surface area (Å²) >= 11 is 6.35. The van der Waals surface area contributed by atoms with Crippen molar-refractivity contribution in [3.63, 3.8) is 0 Å². The van der Waals surface area contributed by atoms with E-state index in [9.17, 15) is 9.59 Å². The normalized spacial score (nSPS) is 16.6. The van der Waals surface area contributed by atoms with E-state index in [1.807, 2.05) is 6.07 Å². The summed E-state index contributed by atoms with van der Waals surface area (Å²) in [5.74, 6) is -0.108. The number of hydrazine groups is 1. The number of nitrogens with one attached hydrogen (secondary N) is 1. The third-order valence-corrected chi connectivity index (χ3v) is 4.81. The smallest absolute Gasteiger partial charge is 0.285 e. The highest BCUT2D eigenvalue weighted by molar-refractivity contribution is 8.26. The fraction of sp³-hybridized carbons (Fsp3) is 0.0588. The van der Waals surface area contributed by atoms with Gasteiger partial charge in [-0.25, -0.2) is 0 Å². The van der Waals surface area contributed by atoms with Gasteiger partial charge in [-0.2, -0.15) is 5.01 Å². The van der Waals surface area contributed by atoms with Crippen molar-refractivity contribution in [2.24, 2.45) is 0 Å². The Morgan fingerprint density at radius 2 is 2.12 bits per heavy atom. The molecule has 3 rings (SSSR count). The van der Waals surface area contributed by atoms with Crippen LogP contribution in [0.25, 0.3) is 6.08 Å². The molecule has 2 aromatic heterocycles. The molecule has 3 heterocycles. The number of amides is 2. The Hall–Kier alpha value is -2.71. The van der Waals surface area contributed by atoms with E-state index < -0.39 is 5.91 Å². The van der Waals surface area contributed by atoms with Gasteiger partial charge in [0.25, 0.3) is 11.8 Å². The summed E-state index contributed by atoms with van der Waals surface area (Å²) < 4.78 is 5.49. The average molecular weight is 371 g/mol. The summed E-state index contributed by atoms with van der Waals surface area (Å²) in [6, 6.07) is 6.70. The molecule has 0 spiro atoms. The number of aromatic nitrogens is 1. The zero-order valence-corrected chi connectivity index (χ0v) is 14.8. The fourth-order valence-corrected chi connectivity index (χ4v) is 3.23. The average Bonchev–Trinajstić information content (AvgIpc) is 3.24. The Kier molecular flexibility index (Phi) is 5.11. The van der Waals surface area contributed by atoms with E-state index in [-0.39, 0.29) is 10.2 Å². The quantitative estimate of drug-likeness (QED) is 0.657. The van der Waals surface area contributed by atoms with Crippen molar-refractivity contribution in [2.75, 3.05) is 0 Å². The lowest BCUT2D eigenvalue weighted by Gasteiger charge is -2.15. The monoisotopic (exact) mass is 371 g/mol. The van der Waals surface area contributed by atoms with E-state index in [4.69, 9.17) is 16.6 Å². The van der Waals surface area contributed by atoms with E-state index in [0.29, 0.717) is 16.2 Å². The van der Waals surface area contributed by atoms with Crippen molar-refractivity contribution in [2.45, 2.75) is 6.92 Å². The molecule has 1 N–H and O–H groups in total. The minimum atomic E-state index is -0.427. The van der Waals surface area contributed by atoms with Gasteiger partial charge in [0.2, 0.25) is 0 Å². The van der Waals surface area contributed by atoms with Gasteiger partial charge in [-0.05, 0) is 55.1 Å². The number of thioether (sulfide) groups is 1. The van der Waals surface area contributed by atoms with Gasteiger partial charge >= 0.3 is 0 Å². The van der Waals surface area contributed by atoms with E-state index >= 15 is 0 Å². The van der Waals surface area contributed by atoms with Gasteiger partial charge in [0, 0.05) is 18.0 Å². The van der Waals surface area contributed by atoms with Crippen LogP contribution in [0.2, 0.25) is 0 Å². The molecule has 1 fully saturated rings. The van der Waals surface area contributed by atoms with Crippen molar-refractivity contribution in [1.82, 2.24) is 15.4 Å². The van der Waals surface area contributed by atoms with Crippen molar-refractivity contribution in [3.05, 3.63) is 70.8 Å². The highest BCUT2D eigenvalue weighted by Gasteiger charge is 2.34. The van der Waals surface area contributed by atoms with Crippen LogP contribution in [0.3, 0.4) is 0 Å². The first-order chi connectivity index (χ1) is 12.1. The van der Waals surface area contributed by atoms with Crippen molar-refractivity contribution in [3.8, 4) is 0 Å². The molecule has 0 aliphatic carbocycles. The Morgan fingerprint density at radius 1 is 1.36 bits per heavy atom. The molecule has 25 heavy (non-hydrogen) atoms. The van der Waals surface area contributed by atoms with Gasteiger partial charge < -0.3 is 4.42 Å². The molecule has 8 heteroatoms. The summed E-state index contributed by atoms with van der Waals surface area (Å²) in [5.41, 5.74) is 3.65. The van der Waals surface area contributed by atoms with Crippen LogP contribution in [0.15, 0.2) is 63.9 Å². The molecule has 0 bridgehead atoms. The number of hydrogen-bond acceptors (Lipinski definition) is 6. The highest BCUT2D eigenvalue weighted by atomic mass is 32.2. The van der Waals surface area contributed by atoms with Gasteiger partial charge in [0.05, 0.1) is 11.2 Å². The molecule has 2 amide bonds. The van der Waals surface area contributed by atoms with E-state index in [1.54, 1.807) is 43.5 Å². The second-order valence-electron chi connectivity index (χ2n) is 5.05. The molecular weight excluding hydrogens is 358 g/mol. The van der Waals surface area contributed by atoms with Crippen molar-refractivity contribution in [1.29, 1.82) is 0 Å². The predicted molar refractivity (Wildman–Crippen MR) is 99.2 cm³/mol. The highest BCUT2D eigenvalue weighted by Crippen LogP contribution is 2.32. The lowest BCUT2D eigenvalue weighted by molar-refractivity contribution is -0.123. The summed E-state index contributed by atoms with van der Waals surface area (Å²) in [5, 5.41) is 1.09. The number of pyridine rings is 1. The molecule has 2 aromatic rings. The van der Waals surface area contributed by atoms with Gasteiger partial charge in [-0.1, -0.05) is 17.8 Å². The largest absolute Gasteiger partial charge is 0.465 e. The van der Waals surface area contributed by atoms with Crippen molar-refractivity contribution < 1.29 is 14.0 Å². The lowest BCUT2D eigenvalue weighted by atomic mass is 10.2. The predicted octanol–water partition coefficient (Wildman–Crippen LogP) is 3.17. The first-order valence-electron chi connectivity index (χ1n) is 7.26. The molecule has 0 radical (unpaired) electrons. The number of nitrogens with zero attached hydrogens (tertiary/aromatic N) is 2. The van der Waals surface area contributed by atoms with Crippen LogP contribution in [0.4, 0.5) is 0 Å². The minimum absolute atomic E-state index is 0.271. The first kappa shape index (κ1) is 17.1. The number of allylic oxidation sites excluding steroid dienone is 2. The summed E-state index contributed by atoms with van der Waals surface area (Å²) in [4.78, 5) is 29.1. The lowest BCUT2D eigenvalue weighted by Crippen LogP contribution is -2.44. The van der Waals surface area contributed by atoms with Gasteiger partial charge in [0.1, 0.15) is 5.76 Å². The number of furan rings is 1. The van der Waals surface area contributed by atoms with Crippen LogP contribution in [-0.2, 0) is 4.79 Å². The standard InChI is InChI=1S/C17H13N3O3S2/c1-11(4-5-13-3-2-10-23-13)14-16(22)20(17(24)25-14)19-15(21)12-6-8-18-9-7-12/h2-10H,1H3,(H,19,21)/b5-4+,14-11+. The van der Waals surface area contributed by atoms with Gasteiger partial charge in [-0.15, -0.1) is 0 Å². The SMILES string of the molecule is CC(/C=C/c1ccco1)=C1\SC(=S)N(NC(=O)c2ccncc2)C1=O. The molecule has 1 aliphatic rings. The van der Waals surface area contributed by atoms with E-state index in [1.165, 1.54) is 12.4 Å². The van der Waals surface area contributed by atoms with Crippen LogP contribution >= 0.6 is 24.0 Å². The zero-order chi connectivity index (χ0) is 17.8. The maximum absolute atomic E-state index is 12.6. The molecule has 126 valence electrons. The second kappa shape index (κ2) is 7.45. The molecule has 1 aliphatic heterocycles. The number of rotatable bonds is 4. The van der Waals surface area contributed by atoms with Crippen LogP contribution in [0.5, 0.6) is 0 Å². The molecule has 6 nitrogen and oxygen atoms in total. The Morgan fingerprint density at radius 3 is 2.80 bits per heavy atom. The zero-order valence-electron chi connectivity index (χ0n) is 13.1. The van der Waals surface area contributed by atoms with Crippen LogP contribution in [-0.4, -0.2) is 26.1 Å². The van der Waals surface area contributed by atoms with E-state index in [0.717, 1.165) is 22.3 Å². The number of carbonyl (C=O) groups is 2.